The summed E-state index contributed by atoms with van der Waals surface area (Å²) in [7, 11) is 0. The normalized spacial score (nSPS) is 13.6. The number of hydrogen-bond donors (Lipinski definition) is 3. The molecule has 0 saturated carbocycles. The molecule has 1 heterocycles. The van der Waals surface area contributed by atoms with Gasteiger partial charge in [-0.1, -0.05) is 6.92 Å². The van der Waals surface area contributed by atoms with Crippen LogP contribution in [0.1, 0.15) is 44.8 Å². The predicted octanol–water partition coefficient (Wildman–Crippen LogP) is 3.16. The second-order valence-corrected chi connectivity index (χ2v) is 8.39. The second kappa shape index (κ2) is 10.6. The standard InChI is InChI=1S/C22H30F2N4O3/c1-5-20-26-7-6-17(27-20)12-25-13-19(29)18(28(21(30)31)22(2,3)4)10-14-8-15(23)11-16(24)9-14/h6-9,11,18-19,25,29H,5,10,12-13H2,1-4H3,(H,30,31)/t18-,19-/m0/s1. The molecule has 0 spiro atoms. The zero-order valence-corrected chi connectivity index (χ0v) is 18.3. The Kier molecular flexibility index (Phi) is 8.41. The third-order valence-corrected chi connectivity index (χ3v) is 4.81. The number of rotatable bonds is 9. The quantitative estimate of drug-likeness (QED) is 0.559. The lowest BCUT2D eigenvalue weighted by atomic mass is 9.94. The van der Waals surface area contributed by atoms with Crippen LogP contribution in [0.5, 0.6) is 0 Å². The molecule has 0 aliphatic heterocycles. The van der Waals surface area contributed by atoms with Crippen molar-refractivity contribution in [2.45, 2.75) is 64.8 Å². The van der Waals surface area contributed by atoms with Gasteiger partial charge in [-0.2, -0.15) is 0 Å². The van der Waals surface area contributed by atoms with Gasteiger partial charge in [0, 0.05) is 37.3 Å². The zero-order chi connectivity index (χ0) is 23.2. The lowest BCUT2D eigenvalue weighted by molar-refractivity contribution is 0.00764. The molecule has 170 valence electrons. The highest BCUT2D eigenvalue weighted by atomic mass is 19.1. The molecule has 0 saturated heterocycles. The maximum absolute atomic E-state index is 13.7. The van der Waals surface area contributed by atoms with Gasteiger partial charge in [0.1, 0.15) is 17.5 Å². The summed E-state index contributed by atoms with van der Waals surface area (Å²) in [6, 6.07) is 3.87. The monoisotopic (exact) mass is 436 g/mol. The van der Waals surface area contributed by atoms with E-state index in [9.17, 15) is 23.8 Å². The van der Waals surface area contributed by atoms with Crippen LogP contribution >= 0.6 is 0 Å². The Bertz CT molecular complexity index is 869. The lowest BCUT2D eigenvalue weighted by Crippen LogP contribution is -2.58. The fourth-order valence-corrected chi connectivity index (χ4v) is 3.49. The Morgan fingerprint density at radius 2 is 1.87 bits per heavy atom. The molecular formula is C22H30F2N4O3. The van der Waals surface area contributed by atoms with Crippen molar-refractivity contribution in [2.75, 3.05) is 6.54 Å². The van der Waals surface area contributed by atoms with Gasteiger partial charge in [-0.3, -0.25) is 4.90 Å². The molecule has 31 heavy (non-hydrogen) atoms. The Labute approximate surface area is 181 Å². The number of carboxylic acid groups (broad SMARTS) is 1. The van der Waals surface area contributed by atoms with Crippen molar-refractivity contribution in [2.24, 2.45) is 0 Å². The first-order chi connectivity index (χ1) is 14.5. The number of aryl methyl sites for hydroxylation is 1. The third kappa shape index (κ3) is 7.22. The highest BCUT2D eigenvalue weighted by Crippen LogP contribution is 2.23. The number of aromatic nitrogens is 2. The van der Waals surface area contributed by atoms with E-state index >= 15 is 0 Å². The Balaban J connectivity index is 2.20. The van der Waals surface area contributed by atoms with Crippen molar-refractivity contribution in [3.63, 3.8) is 0 Å². The summed E-state index contributed by atoms with van der Waals surface area (Å²) in [6.45, 7) is 7.47. The molecule has 0 radical (unpaired) electrons. The smallest absolute Gasteiger partial charge is 0.408 e. The number of amides is 1. The minimum atomic E-state index is -1.23. The van der Waals surface area contributed by atoms with E-state index in [0.29, 0.717) is 18.8 Å². The molecule has 0 bridgehead atoms. The molecule has 2 rings (SSSR count). The fraction of sp³-hybridized carbons (Fsp3) is 0.500. The molecule has 7 nitrogen and oxygen atoms in total. The van der Waals surface area contributed by atoms with Crippen molar-refractivity contribution in [3.05, 3.63) is 59.2 Å². The van der Waals surface area contributed by atoms with E-state index in [0.717, 1.165) is 28.8 Å². The van der Waals surface area contributed by atoms with Gasteiger partial charge in [-0.15, -0.1) is 0 Å². The van der Waals surface area contributed by atoms with Crippen LogP contribution in [0.3, 0.4) is 0 Å². The van der Waals surface area contributed by atoms with Crippen molar-refractivity contribution in [1.29, 1.82) is 0 Å². The van der Waals surface area contributed by atoms with Gasteiger partial charge in [0.25, 0.3) is 0 Å². The number of carbonyl (C=O) groups is 1. The number of benzene rings is 1. The maximum Gasteiger partial charge on any atom is 0.408 e. The SMILES string of the molecule is CCc1nccc(CNC[C@H](O)[C@H](Cc2cc(F)cc(F)c2)N(C(=O)O)C(C)(C)C)n1. The molecule has 1 aromatic carbocycles. The molecule has 1 amide bonds. The van der Waals surface area contributed by atoms with Gasteiger partial charge in [0.05, 0.1) is 17.8 Å². The summed E-state index contributed by atoms with van der Waals surface area (Å²) in [6.07, 6.45) is -0.0473. The van der Waals surface area contributed by atoms with E-state index < -0.39 is 35.4 Å². The molecule has 3 N–H and O–H groups in total. The van der Waals surface area contributed by atoms with Gasteiger partial charge in [-0.05, 0) is 51.0 Å². The number of nitrogens with one attached hydrogen (secondary N) is 1. The first-order valence-electron chi connectivity index (χ1n) is 10.2. The number of aliphatic hydroxyl groups excluding tert-OH is 1. The van der Waals surface area contributed by atoms with Crippen LogP contribution in [0.15, 0.2) is 30.5 Å². The molecule has 2 aromatic rings. The minimum Gasteiger partial charge on any atom is -0.465 e. The van der Waals surface area contributed by atoms with Crippen molar-refractivity contribution < 1.29 is 23.8 Å². The Morgan fingerprint density at radius 1 is 1.23 bits per heavy atom. The van der Waals surface area contributed by atoms with Crippen molar-refractivity contribution >= 4 is 6.09 Å². The Hall–Kier alpha value is -2.65. The summed E-state index contributed by atoms with van der Waals surface area (Å²) in [4.78, 5) is 21.7. The van der Waals surface area contributed by atoms with E-state index in [1.807, 2.05) is 6.92 Å². The molecule has 0 aliphatic carbocycles. The van der Waals surface area contributed by atoms with E-state index in [4.69, 9.17) is 0 Å². The van der Waals surface area contributed by atoms with Crippen LogP contribution < -0.4 is 5.32 Å². The molecule has 1 aromatic heterocycles. The topological polar surface area (TPSA) is 98.6 Å². The van der Waals surface area contributed by atoms with Crippen molar-refractivity contribution in [3.8, 4) is 0 Å². The second-order valence-electron chi connectivity index (χ2n) is 8.39. The van der Waals surface area contributed by atoms with Gasteiger partial charge >= 0.3 is 6.09 Å². The lowest BCUT2D eigenvalue weighted by Gasteiger charge is -2.42. The Morgan fingerprint density at radius 3 is 2.42 bits per heavy atom. The van der Waals surface area contributed by atoms with Crippen LogP contribution in [0.25, 0.3) is 0 Å². The number of hydrogen-bond acceptors (Lipinski definition) is 5. The molecular weight excluding hydrogens is 406 g/mol. The van der Waals surface area contributed by atoms with Gasteiger partial charge in [-0.25, -0.2) is 23.5 Å². The number of nitrogens with zero attached hydrogens (tertiary/aromatic N) is 3. The van der Waals surface area contributed by atoms with Crippen LogP contribution in [-0.4, -0.2) is 55.4 Å². The average Bonchev–Trinajstić information content (AvgIpc) is 2.65. The third-order valence-electron chi connectivity index (χ3n) is 4.81. The van der Waals surface area contributed by atoms with Crippen LogP contribution in [-0.2, 0) is 19.4 Å². The van der Waals surface area contributed by atoms with Crippen LogP contribution in [0.2, 0.25) is 0 Å². The first-order valence-corrected chi connectivity index (χ1v) is 10.2. The summed E-state index contributed by atoms with van der Waals surface area (Å²) >= 11 is 0. The number of halogens is 2. The van der Waals surface area contributed by atoms with E-state index in [-0.39, 0.29) is 18.5 Å². The minimum absolute atomic E-state index is 0.0470. The molecule has 9 heteroatoms. The zero-order valence-electron chi connectivity index (χ0n) is 18.3. The van der Waals surface area contributed by atoms with E-state index in [1.54, 1.807) is 33.0 Å². The highest BCUT2D eigenvalue weighted by molar-refractivity contribution is 5.66. The predicted molar refractivity (Wildman–Crippen MR) is 113 cm³/mol. The first kappa shape index (κ1) is 24.6. The molecule has 0 fully saturated rings. The summed E-state index contributed by atoms with van der Waals surface area (Å²) in [5, 5.41) is 23.8. The van der Waals surface area contributed by atoms with E-state index in [2.05, 4.69) is 15.3 Å². The number of aliphatic hydroxyl groups is 1. The van der Waals surface area contributed by atoms with Crippen molar-refractivity contribution in [1.82, 2.24) is 20.2 Å². The molecule has 0 aliphatic rings. The summed E-state index contributed by atoms with van der Waals surface area (Å²) < 4.78 is 27.3. The fourth-order valence-electron chi connectivity index (χ4n) is 3.49. The summed E-state index contributed by atoms with van der Waals surface area (Å²) in [5.74, 6) is -0.806. The highest BCUT2D eigenvalue weighted by Gasteiger charge is 2.37. The van der Waals surface area contributed by atoms with E-state index in [1.165, 1.54) is 0 Å². The van der Waals surface area contributed by atoms with Gasteiger partial charge in [0.2, 0.25) is 0 Å². The summed E-state index contributed by atoms with van der Waals surface area (Å²) in [5.41, 5.74) is 0.167. The largest absolute Gasteiger partial charge is 0.465 e. The molecule has 2 atom stereocenters. The maximum atomic E-state index is 13.7. The molecule has 0 unspecified atom stereocenters. The van der Waals surface area contributed by atoms with Crippen LogP contribution in [0, 0.1) is 11.6 Å². The van der Waals surface area contributed by atoms with Gasteiger partial charge in [0.15, 0.2) is 0 Å². The average molecular weight is 437 g/mol. The van der Waals surface area contributed by atoms with Gasteiger partial charge < -0.3 is 15.5 Å². The van der Waals surface area contributed by atoms with Crippen LogP contribution in [0.4, 0.5) is 13.6 Å².